The van der Waals surface area contributed by atoms with Gasteiger partial charge in [0.05, 0.1) is 0 Å². The number of primary amides is 1. The van der Waals surface area contributed by atoms with Crippen molar-refractivity contribution in [3.63, 3.8) is 0 Å². The van der Waals surface area contributed by atoms with Crippen LogP contribution in [0.3, 0.4) is 0 Å². The summed E-state index contributed by atoms with van der Waals surface area (Å²) in [6, 6.07) is 8.19. The van der Waals surface area contributed by atoms with Crippen molar-refractivity contribution in [2.45, 2.75) is 19.4 Å². The van der Waals surface area contributed by atoms with Crippen LogP contribution >= 0.6 is 11.3 Å². The second-order valence-corrected chi connectivity index (χ2v) is 6.56. The number of nitrogens with zero attached hydrogens (tertiary/aromatic N) is 1. The van der Waals surface area contributed by atoms with E-state index in [0.717, 1.165) is 18.4 Å². The van der Waals surface area contributed by atoms with Crippen LogP contribution in [-0.4, -0.2) is 23.8 Å². The number of rotatable bonds is 4. The van der Waals surface area contributed by atoms with Crippen LogP contribution in [0.25, 0.3) is 10.1 Å². The van der Waals surface area contributed by atoms with Gasteiger partial charge in [-0.15, -0.1) is 11.3 Å². The van der Waals surface area contributed by atoms with E-state index in [1.807, 2.05) is 12.1 Å². The number of carbonyl (C=O) groups excluding carboxylic acids is 2. The minimum atomic E-state index is -0.353. The molecule has 0 saturated heterocycles. The Balaban J connectivity index is 1.73. The normalized spacial score (nSPS) is 21.0. The number of thiophene rings is 1. The summed E-state index contributed by atoms with van der Waals surface area (Å²) in [5, 5.41) is 3.29. The quantitative estimate of drug-likeness (QED) is 0.942. The summed E-state index contributed by atoms with van der Waals surface area (Å²) in [5.41, 5.74) is 6.48. The molecule has 0 unspecified atom stereocenters. The van der Waals surface area contributed by atoms with Crippen molar-refractivity contribution in [1.29, 1.82) is 0 Å². The van der Waals surface area contributed by atoms with Gasteiger partial charge < -0.3 is 10.6 Å². The van der Waals surface area contributed by atoms with Crippen LogP contribution in [-0.2, 0) is 16.1 Å². The Kier molecular flexibility index (Phi) is 3.68. The predicted octanol–water partition coefficient (Wildman–Crippen LogP) is 2.37. The zero-order valence-electron chi connectivity index (χ0n) is 11.9. The summed E-state index contributed by atoms with van der Waals surface area (Å²) in [5.74, 6) is -0.828. The highest BCUT2D eigenvalue weighted by molar-refractivity contribution is 7.17. The van der Waals surface area contributed by atoms with E-state index < -0.39 is 0 Å². The molecular formula is C16H18N2O2S. The molecule has 5 heteroatoms. The molecule has 2 amide bonds. The first kappa shape index (κ1) is 14.1. The molecule has 1 saturated carbocycles. The minimum Gasteiger partial charge on any atom is -0.369 e. The van der Waals surface area contributed by atoms with Crippen LogP contribution in [0.1, 0.15) is 18.4 Å². The number of carbonyl (C=O) groups is 2. The fourth-order valence-electron chi connectivity index (χ4n) is 2.91. The van der Waals surface area contributed by atoms with Crippen molar-refractivity contribution in [2.75, 3.05) is 7.05 Å². The monoisotopic (exact) mass is 302 g/mol. The zero-order valence-corrected chi connectivity index (χ0v) is 12.7. The van der Waals surface area contributed by atoms with E-state index in [-0.39, 0.29) is 23.7 Å². The van der Waals surface area contributed by atoms with Crippen LogP contribution in [0.4, 0.5) is 0 Å². The van der Waals surface area contributed by atoms with Gasteiger partial charge in [-0.25, -0.2) is 0 Å². The maximum absolute atomic E-state index is 12.4. The third kappa shape index (κ3) is 2.53. The van der Waals surface area contributed by atoms with Crippen LogP contribution in [0.2, 0.25) is 0 Å². The largest absolute Gasteiger partial charge is 0.369 e. The molecule has 110 valence electrons. The van der Waals surface area contributed by atoms with Gasteiger partial charge in [-0.05, 0) is 35.2 Å². The van der Waals surface area contributed by atoms with Gasteiger partial charge in [0.2, 0.25) is 11.8 Å². The highest BCUT2D eigenvalue weighted by Crippen LogP contribution is 2.36. The molecule has 1 aliphatic rings. The molecule has 2 aromatic rings. The Hall–Kier alpha value is -1.88. The van der Waals surface area contributed by atoms with Crippen molar-refractivity contribution in [3.8, 4) is 0 Å². The van der Waals surface area contributed by atoms with Gasteiger partial charge in [-0.1, -0.05) is 18.2 Å². The summed E-state index contributed by atoms with van der Waals surface area (Å²) in [7, 11) is 1.80. The summed E-state index contributed by atoms with van der Waals surface area (Å²) >= 11 is 1.69. The number of benzene rings is 1. The second kappa shape index (κ2) is 5.48. The summed E-state index contributed by atoms with van der Waals surface area (Å²) in [6.07, 6.45) is 1.50. The number of amides is 2. The first-order valence-electron chi connectivity index (χ1n) is 7.07. The molecule has 2 atom stereocenters. The SMILES string of the molecule is CN(Cc1csc2ccccc12)C(=O)[C@H]1CC[C@@H]1C(N)=O. The lowest BCUT2D eigenvalue weighted by atomic mass is 9.72. The number of hydrogen-bond acceptors (Lipinski definition) is 3. The highest BCUT2D eigenvalue weighted by atomic mass is 32.1. The number of nitrogens with two attached hydrogens (primary N) is 1. The average Bonchev–Trinajstić information content (AvgIpc) is 2.80. The van der Waals surface area contributed by atoms with E-state index in [9.17, 15) is 9.59 Å². The Morgan fingerprint density at radius 2 is 2.00 bits per heavy atom. The van der Waals surface area contributed by atoms with E-state index in [1.54, 1.807) is 23.3 Å². The Morgan fingerprint density at radius 3 is 2.67 bits per heavy atom. The fourth-order valence-corrected chi connectivity index (χ4v) is 3.86. The van der Waals surface area contributed by atoms with E-state index in [2.05, 4.69) is 17.5 Å². The molecule has 1 fully saturated rings. The van der Waals surface area contributed by atoms with Gasteiger partial charge >= 0.3 is 0 Å². The number of fused-ring (bicyclic) bond motifs is 1. The molecule has 1 heterocycles. The van der Waals surface area contributed by atoms with Crippen LogP contribution in [0.5, 0.6) is 0 Å². The molecule has 0 radical (unpaired) electrons. The maximum Gasteiger partial charge on any atom is 0.226 e. The molecule has 0 bridgehead atoms. The number of hydrogen-bond donors (Lipinski definition) is 1. The van der Waals surface area contributed by atoms with Crippen molar-refractivity contribution < 1.29 is 9.59 Å². The first-order valence-corrected chi connectivity index (χ1v) is 7.95. The highest BCUT2D eigenvalue weighted by Gasteiger charge is 2.41. The van der Waals surface area contributed by atoms with Crippen molar-refractivity contribution in [2.24, 2.45) is 17.6 Å². The van der Waals surface area contributed by atoms with E-state index in [0.29, 0.717) is 6.54 Å². The van der Waals surface area contributed by atoms with Gasteiger partial charge in [0.1, 0.15) is 0 Å². The zero-order chi connectivity index (χ0) is 15.0. The van der Waals surface area contributed by atoms with Crippen LogP contribution < -0.4 is 5.73 Å². The summed E-state index contributed by atoms with van der Waals surface area (Å²) < 4.78 is 1.23. The maximum atomic E-state index is 12.4. The molecular weight excluding hydrogens is 284 g/mol. The Morgan fingerprint density at radius 1 is 1.29 bits per heavy atom. The lowest BCUT2D eigenvalue weighted by molar-refractivity contribution is -0.145. The van der Waals surface area contributed by atoms with Gasteiger partial charge in [-0.2, -0.15) is 0 Å². The van der Waals surface area contributed by atoms with Gasteiger partial charge in [0, 0.05) is 30.1 Å². The molecule has 1 aromatic heterocycles. The Bertz CT molecular complexity index is 694. The van der Waals surface area contributed by atoms with E-state index in [4.69, 9.17) is 5.73 Å². The molecule has 0 aliphatic heterocycles. The van der Waals surface area contributed by atoms with Crippen molar-refractivity contribution >= 4 is 33.2 Å². The lowest BCUT2D eigenvalue weighted by Crippen LogP contribution is -2.46. The summed E-state index contributed by atoms with van der Waals surface area (Å²) in [4.78, 5) is 25.4. The Labute approximate surface area is 127 Å². The predicted molar refractivity (Wildman–Crippen MR) is 83.7 cm³/mol. The third-order valence-electron chi connectivity index (χ3n) is 4.30. The van der Waals surface area contributed by atoms with Gasteiger partial charge in [0.15, 0.2) is 0 Å². The molecule has 3 rings (SSSR count). The first-order chi connectivity index (χ1) is 10.1. The lowest BCUT2D eigenvalue weighted by Gasteiger charge is -2.35. The van der Waals surface area contributed by atoms with E-state index >= 15 is 0 Å². The summed E-state index contributed by atoms with van der Waals surface area (Å²) in [6.45, 7) is 0.574. The minimum absolute atomic E-state index is 0.0281. The molecule has 21 heavy (non-hydrogen) atoms. The van der Waals surface area contributed by atoms with E-state index in [1.165, 1.54) is 10.1 Å². The standard InChI is InChI=1S/C16H18N2O2S/c1-18(16(20)13-7-6-12(13)15(17)19)8-10-9-21-14-5-3-2-4-11(10)14/h2-5,9,12-13H,6-8H2,1H3,(H2,17,19)/t12-,13-/m0/s1. The average molecular weight is 302 g/mol. The van der Waals surface area contributed by atoms with Gasteiger partial charge in [-0.3, -0.25) is 9.59 Å². The molecule has 2 N–H and O–H groups in total. The second-order valence-electron chi connectivity index (χ2n) is 5.64. The molecule has 1 aliphatic carbocycles. The topological polar surface area (TPSA) is 63.4 Å². The van der Waals surface area contributed by atoms with Crippen molar-refractivity contribution in [3.05, 3.63) is 35.2 Å². The third-order valence-corrected chi connectivity index (χ3v) is 5.31. The van der Waals surface area contributed by atoms with Gasteiger partial charge in [0.25, 0.3) is 0 Å². The van der Waals surface area contributed by atoms with Crippen LogP contribution in [0.15, 0.2) is 29.6 Å². The smallest absolute Gasteiger partial charge is 0.226 e. The fraction of sp³-hybridized carbons (Fsp3) is 0.375. The molecule has 1 aromatic carbocycles. The molecule has 0 spiro atoms. The van der Waals surface area contributed by atoms with Crippen LogP contribution in [0, 0.1) is 11.8 Å². The molecule has 4 nitrogen and oxygen atoms in total. The van der Waals surface area contributed by atoms with Crippen molar-refractivity contribution in [1.82, 2.24) is 4.90 Å².